The van der Waals surface area contributed by atoms with Crippen molar-refractivity contribution in [2.75, 3.05) is 26.7 Å². The summed E-state index contributed by atoms with van der Waals surface area (Å²) < 4.78 is 0. The molecule has 26 heavy (non-hydrogen) atoms. The number of likely N-dealkylation sites (N-methyl/N-ethyl adjacent to an activating group) is 1. The number of rotatable bonds is 6. The van der Waals surface area contributed by atoms with Crippen LogP contribution in [-0.4, -0.2) is 61.3 Å². The van der Waals surface area contributed by atoms with E-state index in [-0.39, 0.29) is 36.2 Å². The molecule has 3 N–H and O–H groups in total. The molecule has 1 aliphatic rings. The fourth-order valence-corrected chi connectivity index (χ4v) is 2.56. The maximum absolute atomic E-state index is 12.3. The van der Waals surface area contributed by atoms with E-state index in [1.807, 2.05) is 34.6 Å². The Labute approximate surface area is 155 Å². The van der Waals surface area contributed by atoms with Crippen LogP contribution in [0, 0.1) is 10.8 Å². The molecule has 8 heteroatoms. The van der Waals surface area contributed by atoms with Gasteiger partial charge in [-0.15, -0.1) is 0 Å². The number of nitrogens with one attached hydrogen (secondary N) is 3. The molecule has 148 valence electrons. The molecule has 1 saturated heterocycles. The van der Waals surface area contributed by atoms with Gasteiger partial charge in [-0.05, 0) is 18.3 Å². The number of carbonyl (C=O) groups excluding carboxylic acids is 4. The number of nitrogens with zero attached hydrogens (tertiary/aromatic N) is 1. The first kappa shape index (κ1) is 21.9. The molecule has 0 spiro atoms. The molecule has 0 aromatic heterocycles. The van der Waals surface area contributed by atoms with Crippen molar-refractivity contribution in [3.05, 3.63) is 0 Å². The zero-order valence-corrected chi connectivity index (χ0v) is 16.7. The van der Waals surface area contributed by atoms with E-state index < -0.39 is 17.4 Å². The van der Waals surface area contributed by atoms with E-state index in [2.05, 4.69) is 16.0 Å². The lowest BCUT2D eigenvalue weighted by molar-refractivity contribution is -0.139. The Morgan fingerprint density at radius 2 is 1.62 bits per heavy atom. The quantitative estimate of drug-likeness (QED) is 0.615. The first-order valence-electron chi connectivity index (χ1n) is 8.98. The Morgan fingerprint density at radius 3 is 2.15 bits per heavy atom. The summed E-state index contributed by atoms with van der Waals surface area (Å²) in [6.45, 7) is 9.67. The van der Waals surface area contributed by atoms with Gasteiger partial charge in [-0.25, -0.2) is 0 Å². The van der Waals surface area contributed by atoms with E-state index in [0.717, 1.165) is 6.42 Å². The maximum atomic E-state index is 12.3. The van der Waals surface area contributed by atoms with Gasteiger partial charge in [-0.1, -0.05) is 34.6 Å². The Balaban J connectivity index is 2.46. The van der Waals surface area contributed by atoms with Crippen molar-refractivity contribution in [3.8, 4) is 0 Å². The maximum Gasteiger partial charge on any atom is 0.242 e. The van der Waals surface area contributed by atoms with Crippen molar-refractivity contribution in [1.29, 1.82) is 0 Å². The Bertz CT molecular complexity index is 566. The lowest BCUT2D eigenvalue weighted by atomic mass is 9.69. The van der Waals surface area contributed by atoms with Crippen molar-refractivity contribution < 1.29 is 19.2 Å². The lowest BCUT2D eigenvalue weighted by Gasteiger charge is -2.37. The fourth-order valence-electron chi connectivity index (χ4n) is 2.56. The van der Waals surface area contributed by atoms with Crippen LogP contribution < -0.4 is 16.0 Å². The van der Waals surface area contributed by atoms with Crippen molar-refractivity contribution in [2.45, 2.75) is 53.5 Å². The molecule has 8 nitrogen and oxygen atoms in total. The summed E-state index contributed by atoms with van der Waals surface area (Å²) in [6.07, 6.45) is 1.38. The summed E-state index contributed by atoms with van der Waals surface area (Å²) in [5.41, 5.74) is -0.895. The number of hydrogen-bond donors (Lipinski definition) is 3. The topological polar surface area (TPSA) is 108 Å². The van der Waals surface area contributed by atoms with Gasteiger partial charge in [-0.3, -0.25) is 19.2 Å². The fraction of sp³-hybridized carbons (Fsp3) is 0.778. The van der Waals surface area contributed by atoms with E-state index in [4.69, 9.17) is 0 Å². The SMILES string of the molecule is CNC(=O)C1CCCN1C(=O)CNC(=O)CNC(=O)C(C)(C)C(C)(C)C. The second kappa shape index (κ2) is 8.51. The van der Waals surface area contributed by atoms with Gasteiger partial charge >= 0.3 is 0 Å². The summed E-state index contributed by atoms with van der Waals surface area (Å²) in [6, 6.07) is -0.475. The molecular weight excluding hydrogens is 336 g/mol. The molecule has 1 rings (SSSR count). The van der Waals surface area contributed by atoms with Gasteiger partial charge in [0.2, 0.25) is 23.6 Å². The second-order valence-corrected chi connectivity index (χ2v) is 8.19. The van der Waals surface area contributed by atoms with Crippen LogP contribution in [0.1, 0.15) is 47.5 Å². The molecule has 1 heterocycles. The minimum absolute atomic E-state index is 0.190. The highest BCUT2D eigenvalue weighted by atomic mass is 16.2. The largest absolute Gasteiger partial charge is 0.357 e. The number of likely N-dealkylation sites (tertiary alicyclic amines) is 1. The summed E-state index contributed by atoms with van der Waals surface area (Å²) in [5.74, 6) is -1.15. The zero-order chi connectivity index (χ0) is 20.1. The van der Waals surface area contributed by atoms with Gasteiger partial charge in [0, 0.05) is 19.0 Å². The molecule has 0 aromatic rings. The van der Waals surface area contributed by atoms with Gasteiger partial charge in [0.05, 0.1) is 13.1 Å². The minimum Gasteiger partial charge on any atom is -0.357 e. The monoisotopic (exact) mass is 368 g/mol. The van der Waals surface area contributed by atoms with Crippen molar-refractivity contribution in [1.82, 2.24) is 20.9 Å². The highest BCUT2D eigenvalue weighted by Gasteiger charge is 2.39. The first-order chi connectivity index (χ1) is 11.9. The number of carbonyl (C=O) groups is 4. The van der Waals surface area contributed by atoms with Crippen LogP contribution in [0.5, 0.6) is 0 Å². The van der Waals surface area contributed by atoms with E-state index in [1.165, 1.54) is 11.9 Å². The molecule has 1 fully saturated rings. The van der Waals surface area contributed by atoms with Crippen LogP contribution in [0.25, 0.3) is 0 Å². The lowest BCUT2D eigenvalue weighted by Crippen LogP contribution is -2.50. The molecular formula is C18H32N4O4. The van der Waals surface area contributed by atoms with E-state index in [9.17, 15) is 19.2 Å². The van der Waals surface area contributed by atoms with Gasteiger partial charge in [0.15, 0.2) is 0 Å². The third-order valence-electron chi connectivity index (χ3n) is 5.41. The van der Waals surface area contributed by atoms with Crippen LogP contribution in [0.15, 0.2) is 0 Å². The van der Waals surface area contributed by atoms with Gasteiger partial charge in [-0.2, -0.15) is 0 Å². The van der Waals surface area contributed by atoms with Gasteiger partial charge < -0.3 is 20.9 Å². The van der Waals surface area contributed by atoms with Crippen molar-refractivity contribution in [2.24, 2.45) is 10.8 Å². The van der Waals surface area contributed by atoms with E-state index in [1.54, 1.807) is 0 Å². The van der Waals surface area contributed by atoms with Crippen LogP contribution in [0.4, 0.5) is 0 Å². The normalized spacial score (nSPS) is 17.6. The Hall–Kier alpha value is -2.12. The number of hydrogen-bond acceptors (Lipinski definition) is 4. The standard InChI is InChI=1S/C18H32N4O4/c1-17(2,3)18(4,5)16(26)21-10-13(23)20-11-14(24)22-9-7-8-12(22)15(25)19-6/h12H,7-11H2,1-6H3,(H,19,25)(H,20,23)(H,21,26). The summed E-state index contributed by atoms with van der Waals surface area (Å²) in [5, 5.41) is 7.67. The first-order valence-corrected chi connectivity index (χ1v) is 8.98. The molecule has 0 saturated carbocycles. The number of amides is 4. The highest BCUT2D eigenvalue weighted by molar-refractivity contribution is 5.92. The summed E-state index contributed by atoms with van der Waals surface area (Å²) >= 11 is 0. The molecule has 0 bridgehead atoms. The van der Waals surface area contributed by atoms with E-state index in [0.29, 0.717) is 13.0 Å². The van der Waals surface area contributed by atoms with Crippen LogP contribution in [0.2, 0.25) is 0 Å². The molecule has 0 aromatic carbocycles. The van der Waals surface area contributed by atoms with E-state index >= 15 is 0 Å². The van der Waals surface area contributed by atoms with Gasteiger partial charge in [0.25, 0.3) is 0 Å². The average Bonchev–Trinajstić information content (AvgIpc) is 3.05. The second-order valence-electron chi connectivity index (χ2n) is 8.19. The van der Waals surface area contributed by atoms with Gasteiger partial charge in [0.1, 0.15) is 6.04 Å². The Kier molecular flexibility index (Phi) is 7.17. The Morgan fingerprint density at radius 1 is 1.00 bits per heavy atom. The third kappa shape index (κ3) is 5.19. The predicted molar refractivity (Wildman–Crippen MR) is 98.1 cm³/mol. The predicted octanol–water partition coefficient (Wildman–Crippen LogP) is 0.0281. The molecule has 4 amide bonds. The van der Waals surface area contributed by atoms with Crippen LogP contribution in [-0.2, 0) is 19.2 Å². The summed E-state index contributed by atoms with van der Waals surface area (Å²) in [7, 11) is 1.53. The van der Waals surface area contributed by atoms with Crippen LogP contribution >= 0.6 is 0 Å². The highest BCUT2D eigenvalue weighted by Crippen LogP contribution is 2.37. The minimum atomic E-state index is -0.639. The molecule has 0 radical (unpaired) electrons. The molecule has 1 atom stereocenters. The smallest absolute Gasteiger partial charge is 0.242 e. The average molecular weight is 368 g/mol. The van der Waals surface area contributed by atoms with Crippen LogP contribution in [0.3, 0.4) is 0 Å². The van der Waals surface area contributed by atoms with Crippen molar-refractivity contribution in [3.63, 3.8) is 0 Å². The molecule has 1 unspecified atom stereocenters. The summed E-state index contributed by atoms with van der Waals surface area (Å²) in [4.78, 5) is 49.8. The molecule has 0 aliphatic carbocycles. The molecule has 1 aliphatic heterocycles. The zero-order valence-electron chi connectivity index (χ0n) is 16.7. The third-order valence-corrected chi connectivity index (χ3v) is 5.41. The van der Waals surface area contributed by atoms with Crippen molar-refractivity contribution >= 4 is 23.6 Å².